The molecule has 3 unspecified atom stereocenters. The summed E-state index contributed by atoms with van der Waals surface area (Å²) in [5.74, 6) is -0.641. The van der Waals surface area contributed by atoms with Crippen molar-refractivity contribution in [2.75, 3.05) is 18.5 Å². The van der Waals surface area contributed by atoms with E-state index in [1.807, 2.05) is 32.9 Å². The lowest BCUT2D eigenvalue weighted by Crippen LogP contribution is -2.52. The molecule has 1 spiro atoms. The van der Waals surface area contributed by atoms with Gasteiger partial charge < -0.3 is 10.1 Å². The van der Waals surface area contributed by atoms with Crippen LogP contribution >= 0.6 is 0 Å². The van der Waals surface area contributed by atoms with Crippen LogP contribution in [-0.4, -0.2) is 40.7 Å². The minimum absolute atomic E-state index is 0.000618. The number of hydrogen-bond donors (Lipinski definition) is 1. The van der Waals surface area contributed by atoms with Crippen LogP contribution < -0.4 is 10.1 Å². The molecule has 3 heterocycles. The molecule has 0 bridgehead atoms. The van der Waals surface area contributed by atoms with E-state index in [1.165, 1.54) is 12.1 Å². The number of carbonyl (C=O) groups is 2. The summed E-state index contributed by atoms with van der Waals surface area (Å²) in [6.07, 6.45) is 1.75. The molecule has 2 fully saturated rings. The largest absolute Gasteiger partial charge is 0.494 e. The number of nitro groups is 1. The number of Topliss-reactive ketones (excluding diaryl/α,β-unsaturated/α-hetero) is 1. The number of nitrogens with one attached hydrogen (secondary N) is 1. The first-order chi connectivity index (χ1) is 18.8. The van der Waals surface area contributed by atoms with E-state index in [-0.39, 0.29) is 29.3 Å². The molecule has 3 aromatic rings. The van der Waals surface area contributed by atoms with E-state index in [1.54, 1.807) is 36.4 Å². The molecule has 1 N–H and O–H groups in total. The lowest BCUT2D eigenvalue weighted by Gasteiger charge is -2.37. The molecule has 8 heteroatoms. The average molecular weight is 526 g/mol. The van der Waals surface area contributed by atoms with Gasteiger partial charge in [-0.1, -0.05) is 29.8 Å². The predicted molar refractivity (Wildman–Crippen MR) is 147 cm³/mol. The number of ether oxygens (including phenoxy) is 1. The Morgan fingerprint density at radius 2 is 1.85 bits per heavy atom. The van der Waals surface area contributed by atoms with Gasteiger partial charge in [-0.2, -0.15) is 0 Å². The van der Waals surface area contributed by atoms with Crippen LogP contribution in [0.5, 0.6) is 5.75 Å². The number of carbonyl (C=O) groups excluding carboxylic acids is 2. The first-order valence-electron chi connectivity index (χ1n) is 13.5. The number of benzene rings is 3. The Morgan fingerprint density at radius 3 is 2.51 bits per heavy atom. The van der Waals surface area contributed by atoms with Crippen LogP contribution in [0, 0.1) is 29.9 Å². The summed E-state index contributed by atoms with van der Waals surface area (Å²) >= 11 is 0. The summed E-state index contributed by atoms with van der Waals surface area (Å²) < 4.78 is 5.59. The van der Waals surface area contributed by atoms with Gasteiger partial charge in [0.05, 0.1) is 17.4 Å². The number of rotatable bonds is 6. The zero-order valence-corrected chi connectivity index (χ0v) is 22.3. The van der Waals surface area contributed by atoms with Crippen LogP contribution in [0.1, 0.15) is 58.3 Å². The molecule has 1 amide bonds. The number of amides is 1. The fraction of sp³-hybridized carbons (Fsp3) is 0.355. The van der Waals surface area contributed by atoms with Crippen LogP contribution in [-0.2, 0) is 10.3 Å². The molecular weight excluding hydrogens is 494 g/mol. The summed E-state index contributed by atoms with van der Waals surface area (Å²) in [5.41, 5.74) is 3.82. The Morgan fingerprint density at radius 1 is 1.13 bits per heavy atom. The molecule has 0 radical (unpaired) electrons. The molecule has 39 heavy (non-hydrogen) atoms. The summed E-state index contributed by atoms with van der Waals surface area (Å²) in [5, 5.41) is 14.5. The van der Waals surface area contributed by atoms with Crippen molar-refractivity contribution in [3.63, 3.8) is 0 Å². The smallest absolute Gasteiger partial charge is 0.269 e. The zero-order chi connectivity index (χ0) is 27.5. The molecular formula is C31H31N3O5. The highest BCUT2D eigenvalue weighted by Gasteiger charge is 2.69. The maximum Gasteiger partial charge on any atom is 0.269 e. The monoisotopic (exact) mass is 525 g/mol. The van der Waals surface area contributed by atoms with Crippen LogP contribution in [0.3, 0.4) is 0 Å². The first-order valence-corrected chi connectivity index (χ1v) is 13.5. The lowest BCUT2D eigenvalue weighted by atomic mass is 9.68. The van der Waals surface area contributed by atoms with Crippen molar-refractivity contribution in [3.8, 4) is 5.75 Å². The Bertz CT molecular complexity index is 1480. The molecule has 0 aromatic heterocycles. The molecule has 8 nitrogen and oxygen atoms in total. The minimum atomic E-state index is -1.17. The number of hydrogen-bond acceptors (Lipinski definition) is 6. The van der Waals surface area contributed by atoms with Gasteiger partial charge in [-0.15, -0.1) is 0 Å². The van der Waals surface area contributed by atoms with Crippen LogP contribution in [0.2, 0.25) is 0 Å². The van der Waals surface area contributed by atoms with E-state index in [2.05, 4.69) is 10.2 Å². The Hall–Kier alpha value is -4.04. The molecule has 3 aromatic carbocycles. The van der Waals surface area contributed by atoms with Crippen LogP contribution in [0.4, 0.5) is 11.4 Å². The van der Waals surface area contributed by atoms with Gasteiger partial charge in [-0.3, -0.25) is 24.6 Å². The van der Waals surface area contributed by atoms with E-state index in [9.17, 15) is 19.7 Å². The number of ketones is 1. The first kappa shape index (κ1) is 25.2. The third kappa shape index (κ3) is 3.69. The number of nitrogens with zero attached hydrogens (tertiary/aromatic N) is 2. The Labute approximate surface area is 227 Å². The fourth-order valence-corrected chi connectivity index (χ4v) is 7.27. The van der Waals surface area contributed by atoms with Crippen molar-refractivity contribution in [2.45, 2.75) is 51.1 Å². The zero-order valence-electron chi connectivity index (χ0n) is 22.3. The van der Waals surface area contributed by atoms with Crippen LogP contribution in [0.15, 0.2) is 60.7 Å². The molecule has 200 valence electrons. The third-order valence-electron chi connectivity index (χ3n) is 8.67. The van der Waals surface area contributed by atoms with Gasteiger partial charge in [0.15, 0.2) is 5.78 Å². The van der Waals surface area contributed by atoms with E-state index in [0.717, 1.165) is 40.8 Å². The summed E-state index contributed by atoms with van der Waals surface area (Å²) in [4.78, 5) is 42.1. The van der Waals surface area contributed by atoms with Gasteiger partial charge in [0.2, 0.25) is 5.91 Å². The van der Waals surface area contributed by atoms with Gasteiger partial charge in [-0.05, 0) is 75.5 Å². The number of aryl methyl sites for hydroxylation is 2. The van der Waals surface area contributed by atoms with E-state index >= 15 is 0 Å². The molecule has 4 atom stereocenters. The SMILES string of the molecule is CCOc1ccc(C(=O)C2C(c3ccc([N+](=O)[O-])cc3)C3CCCN3[C@@]23C(=O)Nc2c(C)cc(C)cc23)cc1. The maximum atomic E-state index is 14.6. The third-order valence-corrected chi connectivity index (χ3v) is 8.67. The normalized spacial score (nSPS) is 25.4. The van der Waals surface area contributed by atoms with Crippen molar-refractivity contribution in [1.29, 1.82) is 0 Å². The summed E-state index contributed by atoms with van der Waals surface area (Å²) in [6.45, 7) is 7.12. The maximum absolute atomic E-state index is 14.6. The van der Waals surface area contributed by atoms with Gasteiger partial charge in [0.1, 0.15) is 11.3 Å². The number of fused-ring (bicyclic) bond motifs is 4. The van der Waals surface area contributed by atoms with Crippen molar-refractivity contribution >= 4 is 23.1 Å². The van der Waals surface area contributed by atoms with Gasteiger partial charge >= 0.3 is 0 Å². The van der Waals surface area contributed by atoms with E-state index < -0.39 is 16.4 Å². The Balaban J connectivity index is 1.57. The molecule has 6 rings (SSSR count). The molecule has 0 aliphatic carbocycles. The quantitative estimate of drug-likeness (QED) is 0.258. The second-order valence-corrected chi connectivity index (χ2v) is 10.8. The van der Waals surface area contributed by atoms with Crippen molar-refractivity contribution in [2.24, 2.45) is 5.92 Å². The number of nitro benzene ring substituents is 1. The van der Waals surface area contributed by atoms with Gasteiger partial charge in [-0.25, -0.2) is 0 Å². The highest BCUT2D eigenvalue weighted by atomic mass is 16.6. The highest BCUT2D eigenvalue weighted by Crippen LogP contribution is 2.61. The second-order valence-electron chi connectivity index (χ2n) is 10.8. The fourth-order valence-electron chi connectivity index (χ4n) is 7.27. The van der Waals surface area contributed by atoms with Crippen molar-refractivity contribution in [3.05, 3.63) is 98.6 Å². The number of non-ortho nitro benzene ring substituents is 1. The molecule has 0 saturated carbocycles. The molecule has 2 saturated heterocycles. The molecule has 3 aliphatic rings. The van der Waals surface area contributed by atoms with Crippen molar-refractivity contribution in [1.82, 2.24) is 4.90 Å². The number of anilines is 1. The van der Waals surface area contributed by atoms with Gasteiger partial charge in [0.25, 0.3) is 5.69 Å². The standard InChI is InChI=1S/C31H31N3O5/c1-4-39-23-13-9-21(10-14-23)29(35)27-26(20-7-11-22(12-8-20)34(37)38)25-6-5-15-33(25)31(27)24-17-18(2)16-19(3)28(24)32-30(31)36/h7-14,16-17,25-27H,4-6,15H2,1-3H3,(H,32,36)/t25?,26?,27?,31-/m1/s1. The lowest BCUT2D eigenvalue weighted by molar-refractivity contribution is -0.384. The summed E-state index contributed by atoms with van der Waals surface area (Å²) in [6, 6.07) is 17.7. The predicted octanol–water partition coefficient (Wildman–Crippen LogP) is 5.52. The minimum Gasteiger partial charge on any atom is -0.494 e. The van der Waals surface area contributed by atoms with E-state index in [0.29, 0.717) is 24.5 Å². The summed E-state index contributed by atoms with van der Waals surface area (Å²) in [7, 11) is 0. The van der Waals surface area contributed by atoms with E-state index in [4.69, 9.17) is 4.74 Å². The average Bonchev–Trinajstić information content (AvgIpc) is 3.58. The molecule has 3 aliphatic heterocycles. The Kier molecular flexibility index (Phi) is 6.03. The van der Waals surface area contributed by atoms with Gasteiger partial charge in [0, 0.05) is 40.9 Å². The topological polar surface area (TPSA) is 102 Å². The highest BCUT2D eigenvalue weighted by molar-refractivity contribution is 6.13. The second kappa shape index (κ2) is 9.31. The van der Waals surface area contributed by atoms with Crippen molar-refractivity contribution < 1.29 is 19.2 Å². The van der Waals surface area contributed by atoms with Crippen LogP contribution in [0.25, 0.3) is 0 Å².